The van der Waals surface area contributed by atoms with E-state index in [1.807, 2.05) is 0 Å². The van der Waals surface area contributed by atoms with E-state index in [4.69, 9.17) is 11.5 Å². The van der Waals surface area contributed by atoms with Gasteiger partial charge in [0.25, 0.3) is 0 Å². The molecule has 0 aromatic carbocycles. The van der Waals surface area contributed by atoms with Crippen LogP contribution in [0.2, 0.25) is 0 Å². The van der Waals surface area contributed by atoms with Crippen molar-refractivity contribution in [3.8, 4) is 0 Å². The number of carbonyl (C=O) groups excluding carboxylic acids is 1. The number of primary amides is 1. The summed E-state index contributed by atoms with van der Waals surface area (Å²) in [6, 6.07) is -0.553. The van der Waals surface area contributed by atoms with Crippen molar-refractivity contribution in [3.05, 3.63) is 0 Å². The van der Waals surface area contributed by atoms with E-state index in [9.17, 15) is 9.00 Å². The lowest BCUT2D eigenvalue weighted by Gasteiger charge is -2.26. The average Bonchev–Trinajstić information content (AvgIpc) is 2.16. The Balaban J connectivity index is 2.19. The van der Waals surface area contributed by atoms with E-state index in [1.165, 1.54) is 0 Å². The Morgan fingerprint density at radius 2 is 2.00 bits per heavy atom. The van der Waals surface area contributed by atoms with Crippen molar-refractivity contribution in [1.29, 1.82) is 0 Å². The number of hydrogen-bond acceptors (Lipinski definition) is 4. The highest BCUT2D eigenvalue weighted by atomic mass is 32.2. The summed E-state index contributed by atoms with van der Waals surface area (Å²) in [4.78, 5) is 12.8. The molecule has 6 heteroatoms. The van der Waals surface area contributed by atoms with Crippen molar-refractivity contribution in [2.45, 2.75) is 12.5 Å². The first-order valence-electron chi connectivity index (χ1n) is 4.72. The molecule has 82 valence electrons. The maximum absolute atomic E-state index is 11.0. The third-order valence-corrected chi connectivity index (χ3v) is 3.67. The molecular weight excluding hydrogens is 202 g/mol. The summed E-state index contributed by atoms with van der Waals surface area (Å²) in [6.45, 7) is 2.43. The Hall–Kier alpha value is -0.460. The first kappa shape index (κ1) is 11.6. The van der Waals surface area contributed by atoms with Crippen molar-refractivity contribution in [3.63, 3.8) is 0 Å². The summed E-state index contributed by atoms with van der Waals surface area (Å²) in [5.41, 5.74) is 10.5. The fourth-order valence-corrected chi connectivity index (χ4v) is 2.49. The molecule has 0 aliphatic carbocycles. The molecule has 1 aliphatic rings. The van der Waals surface area contributed by atoms with Crippen LogP contribution < -0.4 is 11.5 Å². The summed E-state index contributed by atoms with van der Waals surface area (Å²) in [5.74, 6) is 1.00. The fraction of sp³-hybridized carbons (Fsp3) is 0.875. The second kappa shape index (κ2) is 5.43. The van der Waals surface area contributed by atoms with E-state index in [-0.39, 0.29) is 0 Å². The molecule has 1 heterocycles. The lowest BCUT2D eigenvalue weighted by molar-refractivity contribution is -0.119. The molecule has 0 radical (unpaired) electrons. The number of hydrogen-bond donors (Lipinski definition) is 2. The Morgan fingerprint density at radius 1 is 1.43 bits per heavy atom. The van der Waals surface area contributed by atoms with Crippen LogP contribution in [0.5, 0.6) is 0 Å². The molecule has 0 spiro atoms. The summed E-state index contributed by atoms with van der Waals surface area (Å²) in [7, 11) is -0.649. The van der Waals surface area contributed by atoms with E-state index < -0.39 is 22.7 Å². The third kappa shape index (κ3) is 3.73. The normalized spacial score (nSPS) is 22.1. The largest absolute Gasteiger partial charge is 0.368 e. The second-order valence-electron chi connectivity index (χ2n) is 3.49. The van der Waals surface area contributed by atoms with Gasteiger partial charge in [-0.3, -0.25) is 9.00 Å². The molecule has 4 N–H and O–H groups in total. The van der Waals surface area contributed by atoms with Gasteiger partial charge in [-0.2, -0.15) is 0 Å². The highest BCUT2D eigenvalue weighted by Gasteiger charge is 2.16. The van der Waals surface area contributed by atoms with Gasteiger partial charge in [0, 0.05) is 41.9 Å². The van der Waals surface area contributed by atoms with Crippen LogP contribution in [-0.2, 0) is 15.6 Å². The number of nitrogens with zero attached hydrogens (tertiary/aromatic N) is 1. The van der Waals surface area contributed by atoms with Crippen LogP contribution in [0.3, 0.4) is 0 Å². The Bertz CT molecular complexity index is 225. The van der Waals surface area contributed by atoms with Gasteiger partial charge in [0.15, 0.2) is 0 Å². The third-order valence-electron chi connectivity index (χ3n) is 2.39. The SMILES string of the molecule is NC(=O)C(N)CCN1CCS(=O)CC1. The standard InChI is InChI=1S/C8H17N3O2S/c9-7(8(10)12)1-2-11-3-5-14(13)6-4-11/h7H,1-6,9H2,(H2,10,12). The van der Waals surface area contributed by atoms with Crippen LogP contribution in [0.15, 0.2) is 0 Å². The first-order chi connectivity index (χ1) is 6.59. The maximum atomic E-state index is 11.0. The van der Waals surface area contributed by atoms with Crippen LogP contribution in [0.1, 0.15) is 6.42 Å². The van der Waals surface area contributed by atoms with Crippen LogP contribution >= 0.6 is 0 Å². The van der Waals surface area contributed by atoms with Crippen molar-refractivity contribution in [2.24, 2.45) is 11.5 Å². The maximum Gasteiger partial charge on any atom is 0.234 e. The predicted molar refractivity (Wildman–Crippen MR) is 56.1 cm³/mol. The highest BCUT2D eigenvalue weighted by molar-refractivity contribution is 7.85. The van der Waals surface area contributed by atoms with Gasteiger partial charge in [-0.1, -0.05) is 0 Å². The van der Waals surface area contributed by atoms with Crippen LogP contribution in [0.4, 0.5) is 0 Å². The quantitative estimate of drug-likeness (QED) is 0.587. The first-order valence-corrected chi connectivity index (χ1v) is 6.20. The zero-order valence-electron chi connectivity index (χ0n) is 8.15. The number of amides is 1. The van der Waals surface area contributed by atoms with Gasteiger partial charge in [0.1, 0.15) is 0 Å². The molecule has 14 heavy (non-hydrogen) atoms. The van der Waals surface area contributed by atoms with Crippen molar-refractivity contribution >= 4 is 16.7 Å². The Morgan fingerprint density at radius 3 is 2.50 bits per heavy atom. The van der Waals surface area contributed by atoms with Crippen LogP contribution in [0, 0.1) is 0 Å². The number of nitrogens with two attached hydrogens (primary N) is 2. The molecule has 5 nitrogen and oxygen atoms in total. The van der Waals surface area contributed by atoms with Gasteiger partial charge in [-0.05, 0) is 6.42 Å². The van der Waals surface area contributed by atoms with Gasteiger partial charge in [0.05, 0.1) is 6.04 Å². The Kier molecular flexibility index (Phi) is 4.50. The topological polar surface area (TPSA) is 89.4 Å². The molecule has 1 rings (SSSR count). The zero-order chi connectivity index (χ0) is 10.6. The molecule has 1 unspecified atom stereocenters. The van der Waals surface area contributed by atoms with E-state index in [1.54, 1.807) is 0 Å². The minimum Gasteiger partial charge on any atom is -0.368 e. The van der Waals surface area contributed by atoms with Crippen molar-refractivity contribution in [2.75, 3.05) is 31.1 Å². The Labute approximate surface area is 86.3 Å². The number of rotatable bonds is 4. The van der Waals surface area contributed by atoms with Crippen molar-refractivity contribution < 1.29 is 9.00 Å². The van der Waals surface area contributed by atoms with Gasteiger partial charge in [0.2, 0.25) is 5.91 Å². The minimum atomic E-state index is -0.649. The number of carbonyl (C=O) groups is 1. The average molecular weight is 219 g/mol. The molecule has 1 saturated heterocycles. The predicted octanol–water partition coefficient (Wildman–Crippen LogP) is -1.75. The monoisotopic (exact) mass is 219 g/mol. The fourth-order valence-electron chi connectivity index (χ4n) is 1.36. The summed E-state index contributed by atoms with van der Waals surface area (Å²) in [6.07, 6.45) is 0.585. The molecule has 1 amide bonds. The second-order valence-corrected chi connectivity index (χ2v) is 5.18. The summed E-state index contributed by atoms with van der Waals surface area (Å²) >= 11 is 0. The minimum absolute atomic E-state index is 0.453. The molecule has 1 atom stereocenters. The van der Waals surface area contributed by atoms with E-state index in [0.29, 0.717) is 6.42 Å². The summed E-state index contributed by atoms with van der Waals surface area (Å²) < 4.78 is 11.0. The smallest absolute Gasteiger partial charge is 0.234 e. The van der Waals surface area contributed by atoms with Crippen molar-refractivity contribution in [1.82, 2.24) is 4.90 Å². The molecule has 0 saturated carbocycles. The lowest BCUT2D eigenvalue weighted by Crippen LogP contribution is -2.43. The molecule has 0 bridgehead atoms. The molecular formula is C8H17N3O2S. The van der Waals surface area contributed by atoms with Gasteiger partial charge in [-0.15, -0.1) is 0 Å². The van der Waals surface area contributed by atoms with E-state index in [2.05, 4.69) is 4.90 Å². The van der Waals surface area contributed by atoms with Gasteiger partial charge >= 0.3 is 0 Å². The molecule has 0 aromatic heterocycles. The van der Waals surface area contributed by atoms with Gasteiger partial charge in [-0.25, -0.2) is 0 Å². The van der Waals surface area contributed by atoms with Crippen LogP contribution in [0.25, 0.3) is 0 Å². The van der Waals surface area contributed by atoms with E-state index >= 15 is 0 Å². The summed E-state index contributed by atoms with van der Waals surface area (Å²) in [5, 5.41) is 0. The van der Waals surface area contributed by atoms with E-state index in [0.717, 1.165) is 31.1 Å². The molecule has 1 fully saturated rings. The lowest BCUT2D eigenvalue weighted by atomic mass is 10.2. The molecule has 0 aromatic rings. The zero-order valence-corrected chi connectivity index (χ0v) is 8.96. The van der Waals surface area contributed by atoms with Crippen LogP contribution in [-0.4, -0.2) is 52.2 Å². The van der Waals surface area contributed by atoms with Gasteiger partial charge < -0.3 is 16.4 Å². The highest BCUT2D eigenvalue weighted by Crippen LogP contribution is 2.01. The molecule has 1 aliphatic heterocycles.